The van der Waals surface area contributed by atoms with E-state index in [-0.39, 0.29) is 10.8 Å². The van der Waals surface area contributed by atoms with E-state index < -0.39 is 58.2 Å². The third kappa shape index (κ3) is 9.06. The van der Waals surface area contributed by atoms with E-state index in [0.29, 0.717) is 29.8 Å². The topological polar surface area (TPSA) is 277 Å². The molecule has 2 atom stereocenters. The molecule has 51 heavy (non-hydrogen) atoms. The van der Waals surface area contributed by atoms with Gasteiger partial charge in [-0.3, -0.25) is 14.9 Å². The SMILES string of the molecule is CC1(C)[C@H](NC(=O)/C(=N\OC(COc2ccc(-c3ccc(NCCN)[n+](CC4CNC4)c3)cc2)C(=O)O)c2csc(N)n2)C(=O)N1OS(=O)(=O)[O-]. The number of nitrogens with two attached hydrogens (primary N) is 2. The first-order valence-corrected chi connectivity index (χ1v) is 17.8. The summed E-state index contributed by atoms with van der Waals surface area (Å²) in [5.74, 6) is -1.69. The van der Waals surface area contributed by atoms with Crippen LogP contribution in [0.2, 0.25) is 0 Å². The summed E-state index contributed by atoms with van der Waals surface area (Å²) in [6.07, 6.45) is 0.371. The molecule has 2 aliphatic rings. The van der Waals surface area contributed by atoms with Crippen LogP contribution in [0.15, 0.2) is 53.1 Å². The molecule has 1 aromatic carbocycles. The largest absolute Gasteiger partial charge is 0.724 e. The van der Waals surface area contributed by atoms with Crippen LogP contribution in [0, 0.1) is 5.92 Å². The molecule has 0 aliphatic carbocycles. The molecular weight excluding hydrogens is 711 g/mol. The van der Waals surface area contributed by atoms with Gasteiger partial charge in [0.25, 0.3) is 23.7 Å². The number of hydrogen-bond acceptors (Lipinski definition) is 16. The van der Waals surface area contributed by atoms with Gasteiger partial charge in [0.1, 0.15) is 24.1 Å². The smallest absolute Gasteiger partial charge is 0.351 e. The number of nitrogens with one attached hydrogen (secondary N) is 3. The molecule has 3 aromatic rings. The second-order valence-corrected chi connectivity index (χ2v) is 14.0. The number of nitrogens with zero attached hydrogens (tertiary/aromatic N) is 4. The number of carboxylic acids is 1. The molecule has 19 nitrogen and oxygen atoms in total. The standard InChI is InChI=1S/C30H37N9O10S2/c1-30(2)25(27(41)39(30)49-51(44,45)46)36-26(40)24(21-16-50-29(32)35-21)37-48-22(28(42)43)15-47-20-6-3-18(4-7-20)19-5-8-23(34-10-9-31)38(14-19)13-17-11-33-12-17/h3-8,14,16-17,22,25,33H,9-13,15,31H2,1-2H3,(H5,32,35,36,40,42,43,44,45,46)/b37-24-/t22?,25-/m1/s1. The van der Waals surface area contributed by atoms with Crippen molar-refractivity contribution in [1.29, 1.82) is 0 Å². The highest BCUT2D eigenvalue weighted by molar-refractivity contribution is 7.80. The van der Waals surface area contributed by atoms with Gasteiger partial charge in [0, 0.05) is 42.6 Å². The van der Waals surface area contributed by atoms with E-state index in [0.717, 1.165) is 47.9 Å². The number of amides is 2. The Bertz CT molecular complexity index is 1900. The number of carbonyl (C=O) groups is 3. The summed E-state index contributed by atoms with van der Waals surface area (Å²) >= 11 is 0.955. The highest BCUT2D eigenvalue weighted by atomic mass is 32.3. The van der Waals surface area contributed by atoms with Crippen molar-refractivity contribution in [3.63, 3.8) is 0 Å². The van der Waals surface area contributed by atoms with Crippen molar-refractivity contribution < 1.29 is 50.9 Å². The summed E-state index contributed by atoms with van der Waals surface area (Å²) in [6.45, 7) is 6.06. The fraction of sp³-hybridized carbons (Fsp3) is 0.400. The highest BCUT2D eigenvalue weighted by Gasteiger charge is 2.57. The Hall–Kier alpha value is -4.93. The number of hydroxylamine groups is 2. The molecule has 21 heteroatoms. The van der Waals surface area contributed by atoms with Crippen LogP contribution in [0.3, 0.4) is 0 Å². The Kier molecular flexibility index (Phi) is 11.4. The number of rotatable bonds is 17. The Balaban J connectivity index is 1.25. The monoisotopic (exact) mass is 747 g/mol. The first-order valence-electron chi connectivity index (χ1n) is 15.6. The Morgan fingerprint density at radius 2 is 1.94 bits per heavy atom. The van der Waals surface area contributed by atoms with Crippen LogP contribution >= 0.6 is 11.3 Å². The van der Waals surface area contributed by atoms with E-state index in [1.807, 2.05) is 24.3 Å². The lowest BCUT2D eigenvalue weighted by Crippen LogP contribution is -2.76. The van der Waals surface area contributed by atoms with Crippen LogP contribution in [0.1, 0.15) is 19.5 Å². The normalized spacial score (nSPS) is 18.0. The van der Waals surface area contributed by atoms with E-state index in [9.17, 15) is 32.5 Å². The number of oxime groups is 1. The maximum absolute atomic E-state index is 13.3. The van der Waals surface area contributed by atoms with Crippen LogP contribution in [-0.4, -0.2) is 102 Å². The summed E-state index contributed by atoms with van der Waals surface area (Å²) in [5, 5.41) is 24.3. The van der Waals surface area contributed by atoms with Crippen molar-refractivity contribution in [3.8, 4) is 16.9 Å². The summed E-state index contributed by atoms with van der Waals surface area (Å²) in [6, 6.07) is 9.65. The van der Waals surface area contributed by atoms with Gasteiger partial charge < -0.3 is 41.3 Å². The number of aliphatic carboxylic acids is 1. The fourth-order valence-corrected chi connectivity index (χ4v) is 6.18. The molecule has 2 aromatic heterocycles. The molecule has 0 spiro atoms. The van der Waals surface area contributed by atoms with E-state index in [4.69, 9.17) is 21.0 Å². The van der Waals surface area contributed by atoms with Crippen molar-refractivity contribution >= 4 is 56.2 Å². The van der Waals surface area contributed by atoms with Crippen molar-refractivity contribution in [2.45, 2.75) is 38.1 Å². The molecule has 1 unspecified atom stereocenters. The van der Waals surface area contributed by atoms with Gasteiger partial charge in [0.15, 0.2) is 10.8 Å². The lowest BCUT2D eigenvalue weighted by molar-refractivity contribution is -0.690. The van der Waals surface area contributed by atoms with Crippen molar-refractivity contribution in [3.05, 3.63) is 53.7 Å². The molecule has 5 rings (SSSR count). The summed E-state index contributed by atoms with van der Waals surface area (Å²) in [7, 11) is -5.27. The third-order valence-corrected chi connectivity index (χ3v) is 9.04. The van der Waals surface area contributed by atoms with E-state index in [2.05, 4.69) is 41.1 Å². The van der Waals surface area contributed by atoms with E-state index in [1.165, 1.54) is 19.2 Å². The van der Waals surface area contributed by atoms with E-state index in [1.54, 1.807) is 12.1 Å². The van der Waals surface area contributed by atoms with Gasteiger partial charge in [0.05, 0.1) is 24.8 Å². The number of anilines is 2. The predicted octanol–water partition coefficient (Wildman–Crippen LogP) is -0.980. The van der Waals surface area contributed by atoms with Crippen molar-refractivity contribution in [2.75, 3.05) is 43.8 Å². The van der Waals surface area contributed by atoms with Gasteiger partial charge in [-0.25, -0.2) is 22.8 Å². The zero-order chi connectivity index (χ0) is 36.9. The van der Waals surface area contributed by atoms with Gasteiger partial charge in [-0.2, -0.15) is 9.35 Å². The number of ether oxygens (including phenoxy) is 1. The van der Waals surface area contributed by atoms with Gasteiger partial charge in [0.2, 0.25) is 10.4 Å². The number of nitrogen functional groups attached to an aromatic ring is 1. The third-order valence-electron chi connectivity index (χ3n) is 8.03. The summed E-state index contributed by atoms with van der Waals surface area (Å²) in [4.78, 5) is 47.1. The Morgan fingerprint density at radius 3 is 2.51 bits per heavy atom. The quantitative estimate of drug-likeness (QED) is 0.0242. The number of thiazole rings is 1. The number of carbonyl (C=O) groups excluding carboxylic acids is 2. The van der Waals surface area contributed by atoms with Crippen molar-refractivity contribution in [1.82, 2.24) is 20.7 Å². The van der Waals surface area contributed by atoms with E-state index >= 15 is 0 Å². The maximum Gasteiger partial charge on any atom is 0.351 e. The van der Waals surface area contributed by atoms with Crippen LogP contribution in [-0.2, 0) is 40.4 Å². The number of benzene rings is 1. The number of β-lactam (4-membered cyclic amide) rings is 1. The average molecular weight is 748 g/mol. The minimum absolute atomic E-state index is 0.0528. The first-order chi connectivity index (χ1) is 24.2. The average Bonchev–Trinajstić information content (AvgIpc) is 3.49. The molecule has 2 aliphatic heterocycles. The number of carboxylic acid groups (broad SMARTS) is 1. The van der Waals surface area contributed by atoms with Gasteiger partial charge in [-0.05, 0) is 37.6 Å². The minimum atomic E-state index is -5.27. The summed E-state index contributed by atoms with van der Waals surface area (Å²) < 4.78 is 45.1. The second-order valence-electron chi connectivity index (χ2n) is 12.1. The number of hydrogen-bond donors (Lipinski definition) is 6. The van der Waals surface area contributed by atoms with Crippen molar-refractivity contribution in [2.24, 2.45) is 16.8 Å². The van der Waals surface area contributed by atoms with Crippen LogP contribution in [0.4, 0.5) is 10.9 Å². The highest BCUT2D eigenvalue weighted by Crippen LogP contribution is 2.33. The molecule has 8 N–H and O–H groups in total. The summed E-state index contributed by atoms with van der Waals surface area (Å²) in [5.41, 5.74) is 11.2. The molecular formula is C30H37N9O10S2. The second kappa shape index (κ2) is 15.5. The van der Waals surface area contributed by atoms with Crippen LogP contribution in [0.5, 0.6) is 5.75 Å². The zero-order valence-corrected chi connectivity index (χ0v) is 29.1. The maximum atomic E-state index is 13.3. The minimum Gasteiger partial charge on any atom is -0.724 e. The molecule has 0 radical (unpaired) electrons. The van der Waals surface area contributed by atoms with Gasteiger partial charge >= 0.3 is 5.97 Å². The molecule has 0 saturated carbocycles. The number of aromatic nitrogens is 2. The molecule has 2 amide bonds. The molecule has 2 saturated heterocycles. The fourth-order valence-electron chi connectivity index (χ4n) is 5.18. The lowest BCUT2D eigenvalue weighted by Gasteiger charge is -2.51. The molecule has 4 heterocycles. The van der Waals surface area contributed by atoms with Gasteiger partial charge in [-0.15, -0.1) is 11.3 Å². The van der Waals surface area contributed by atoms with Gasteiger partial charge in [-0.1, -0.05) is 17.3 Å². The first kappa shape index (κ1) is 37.3. The van der Waals surface area contributed by atoms with Crippen LogP contribution < -0.4 is 36.7 Å². The lowest BCUT2D eigenvalue weighted by atomic mass is 9.84. The zero-order valence-electron chi connectivity index (χ0n) is 27.5. The predicted molar refractivity (Wildman–Crippen MR) is 181 cm³/mol. The Morgan fingerprint density at radius 1 is 1.24 bits per heavy atom. The number of pyridine rings is 1. The molecule has 274 valence electrons. The molecule has 0 bridgehead atoms. The molecule has 2 fully saturated rings. The van der Waals surface area contributed by atoms with Crippen LogP contribution in [0.25, 0.3) is 11.1 Å². The Labute approximate surface area is 296 Å².